The highest BCUT2D eigenvalue weighted by Crippen LogP contribution is 2.66. The molecule has 156 valence electrons. The van der Waals surface area contributed by atoms with Crippen LogP contribution in [0.1, 0.15) is 59.3 Å². The highest BCUT2D eigenvalue weighted by Gasteiger charge is 2.58. The fraction of sp³-hybridized carbons (Fsp3) is 0.783. The zero-order valence-corrected chi connectivity index (χ0v) is 18.4. The van der Waals surface area contributed by atoms with Gasteiger partial charge in [0.05, 0.1) is 12.9 Å². The minimum atomic E-state index is -3.39. The van der Waals surface area contributed by atoms with Crippen LogP contribution in [-0.4, -0.2) is 27.1 Å². The topological polar surface area (TPSA) is 60.4 Å². The van der Waals surface area contributed by atoms with Crippen LogP contribution in [0.3, 0.4) is 0 Å². The average molecular weight is 407 g/mol. The SMILES string of the molecule is C[C@H](COS(C)(=O)=O)C1CCC2C3C=CC4=CC(=O)CCC4(C)C3CC[C@@]21C. The van der Waals surface area contributed by atoms with E-state index in [9.17, 15) is 13.2 Å². The van der Waals surface area contributed by atoms with Crippen LogP contribution in [0.4, 0.5) is 0 Å². The lowest BCUT2D eigenvalue weighted by Gasteiger charge is -2.56. The summed E-state index contributed by atoms with van der Waals surface area (Å²) < 4.78 is 28.0. The zero-order valence-electron chi connectivity index (χ0n) is 17.6. The Balaban J connectivity index is 1.58. The number of allylic oxidation sites excluding steroid dienone is 4. The summed E-state index contributed by atoms with van der Waals surface area (Å²) in [7, 11) is -3.39. The molecular formula is C23H34O4S. The van der Waals surface area contributed by atoms with Crippen LogP contribution in [-0.2, 0) is 19.1 Å². The lowest BCUT2D eigenvalue weighted by molar-refractivity contribution is -0.116. The van der Waals surface area contributed by atoms with Gasteiger partial charge in [0.15, 0.2) is 5.78 Å². The molecule has 0 bridgehead atoms. The van der Waals surface area contributed by atoms with E-state index in [1.807, 2.05) is 6.08 Å². The van der Waals surface area contributed by atoms with Crippen molar-refractivity contribution in [1.29, 1.82) is 0 Å². The van der Waals surface area contributed by atoms with Crippen LogP contribution in [0.15, 0.2) is 23.8 Å². The van der Waals surface area contributed by atoms with Crippen molar-refractivity contribution in [2.45, 2.75) is 59.3 Å². The summed E-state index contributed by atoms with van der Waals surface area (Å²) in [5, 5.41) is 0. The van der Waals surface area contributed by atoms with Gasteiger partial charge in [0.25, 0.3) is 10.1 Å². The lowest BCUT2D eigenvalue weighted by atomic mass is 9.48. The van der Waals surface area contributed by atoms with Gasteiger partial charge in [-0.3, -0.25) is 8.98 Å². The Morgan fingerprint density at radius 2 is 1.93 bits per heavy atom. The molecule has 28 heavy (non-hydrogen) atoms. The summed E-state index contributed by atoms with van der Waals surface area (Å²) in [6.07, 6.45) is 14.1. The van der Waals surface area contributed by atoms with E-state index in [-0.39, 0.29) is 22.5 Å². The van der Waals surface area contributed by atoms with E-state index in [2.05, 4.69) is 32.9 Å². The van der Waals surface area contributed by atoms with Gasteiger partial charge in [-0.15, -0.1) is 0 Å². The molecule has 4 rings (SSSR count). The molecule has 7 atom stereocenters. The summed E-state index contributed by atoms with van der Waals surface area (Å²) in [6.45, 7) is 7.27. The highest BCUT2D eigenvalue weighted by atomic mass is 32.2. The van der Waals surface area contributed by atoms with Gasteiger partial charge < -0.3 is 0 Å². The van der Waals surface area contributed by atoms with Crippen molar-refractivity contribution in [2.24, 2.45) is 40.4 Å². The maximum Gasteiger partial charge on any atom is 0.264 e. The monoisotopic (exact) mass is 406 g/mol. The predicted molar refractivity (Wildman–Crippen MR) is 110 cm³/mol. The maximum atomic E-state index is 11.9. The second-order valence-corrected chi connectivity index (χ2v) is 12.0. The summed E-state index contributed by atoms with van der Waals surface area (Å²) in [5.74, 6) is 2.86. The molecule has 0 aromatic rings. The Bertz CT molecular complexity index is 826. The Kier molecular flexibility index (Phi) is 4.94. The smallest absolute Gasteiger partial charge is 0.264 e. The molecule has 5 heteroatoms. The minimum absolute atomic E-state index is 0.137. The molecular weight excluding hydrogens is 372 g/mol. The Hall–Kier alpha value is -0.940. The molecule has 0 aromatic heterocycles. The summed E-state index contributed by atoms with van der Waals surface area (Å²) >= 11 is 0. The number of fused-ring (bicyclic) bond motifs is 5. The molecule has 0 N–H and O–H groups in total. The van der Waals surface area contributed by atoms with Crippen LogP contribution in [0, 0.1) is 40.4 Å². The first-order valence-electron chi connectivity index (χ1n) is 10.8. The van der Waals surface area contributed by atoms with Crippen LogP contribution >= 0.6 is 0 Å². The van der Waals surface area contributed by atoms with E-state index in [0.717, 1.165) is 19.1 Å². The van der Waals surface area contributed by atoms with Crippen molar-refractivity contribution < 1.29 is 17.4 Å². The first-order chi connectivity index (χ1) is 13.0. The van der Waals surface area contributed by atoms with Crippen LogP contribution in [0.25, 0.3) is 0 Å². The van der Waals surface area contributed by atoms with Gasteiger partial charge in [-0.25, -0.2) is 0 Å². The molecule has 4 aliphatic carbocycles. The van der Waals surface area contributed by atoms with Gasteiger partial charge >= 0.3 is 0 Å². The molecule has 0 heterocycles. The number of hydrogen-bond donors (Lipinski definition) is 0. The lowest BCUT2D eigenvalue weighted by Crippen LogP contribution is -2.49. The standard InChI is InChI=1S/C23H34O4S/c1-15(14-27-28(4,25)26)19-7-8-20-18-6-5-16-13-17(24)9-11-22(16,2)21(18)10-12-23(19,20)3/h5-6,13,15,18-21H,7-12,14H2,1-4H3/t15-,18?,19?,20?,21?,22?,23-/m1/s1. The molecule has 0 saturated heterocycles. The van der Waals surface area contributed by atoms with Gasteiger partial charge in [-0.1, -0.05) is 32.9 Å². The van der Waals surface area contributed by atoms with Crippen molar-refractivity contribution in [3.8, 4) is 0 Å². The van der Waals surface area contributed by atoms with E-state index in [1.165, 1.54) is 24.8 Å². The molecule has 4 nitrogen and oxygen atoms in total. The average Bonchev–Trinajstić information content (AvgIpc) is 2.97. The fourth-order valence-corrected chi connectivity index (χ4v) is 7.78. The molecule has 0 aromatic carbocycles. The molecule has 5 unspecified atom stereocenters. The Labute approximate surface area is 169 Å². The Morgan fingerprint density at radius 1 is 1.18 bits per heavy atom. The number of rotatable bonds is 4. The van der Waals surface area contributed by atoms with Gasteiger partial charge in [-0.05, 0) is 84.2 Å². The second kappa shape index (κ2) is 6.80. The third-order valence-electron chi connectivity index (χ3n) is 8.82. The fourth-order valence-electron chi connectivity index (χ4n) is 7.32. The minimum Gasteiger partial charge on any atom is -0.295 e. The normalized spacial score (nSPS) is 43.7. The first kappa shape index (κ1) is 20.3. The second-order valence-electron chi connectivity index (χ2n) is 10.3. The van der Waals surface area contributed by atoms with Gasteiger partial charge in [0.2, 0.25) is 0 Å². The van der Waals surface area contributed by atoms with E-state index < -0.39 is 10.1 Å². The highest BCUT2D eigenvalue weighted by molar-refractivity contribution is 7.85. The molecule has 0 amide bonds. The van der Waals surface area contributed by atoms with E-state index in [0.29, 0.717) is 36.7 Å². The van der Waals surface area contributed by atoms with Crippen LogP contribution in [0.5, 0.6) is 0 Å². The maximum absolute atomic E-state index is 11.9. The predicted octanol–water partition coefficient (Wildman–Crippen LogP) is 4.52. The number of carbonyl (C=O) groups excluding carboxylic acids is 1. The third-order valence-corrected chi connectivity index (χ3v) is 9.39. The quantitative estimate of drug-likeness (QED) is 0.644. The molecule has 4 aliphatic rings. The van der Waals surface area contributed by atoms with Gasteiger partial charge in [0, 0.05) is 6.42 Å². The van der Waals surface area contributed by atoms with Crippen molar-refractivity contribution in [3.05, 3.63) is 23.8 Å². The van der Waals surface area contributed by atoms with E-state index >= 15 is 0 Å². The number of ketones is 1. The van der Waals surface area contributed by atoms with Crippen molar-refractivity contribution in [3.63, 3.8) is 0 Å². The zero-order chi connectivity index (χ0) is 20.3. The van der Waals surface area contributed by atoms with Crippen LogP contribution < -0.4 is 0 Å². The number of carbonyl (C=O) groups is 1. The first-order valence-corrected chi connectivity index (χ1v) is 12.6. The van der Waals surface area contributed by atoms with Crippen molar-refractivity contribution >= 4 is 15.9 Å². The van der Waals surface area contributed by atoms with E-state index in [1.54, 1.807) is 0 Å². The Morgan fingerprint density at radius 3 is 2.64 bits per heavy atom. The van der Waals surface area contributed by atoms with Crippen molar-refractivity contribution in [1.82, 2.24) is 0 Å². The molecule has 0 aliphatic heterocycles. The van der Waals surface area contributed by atoms with E-state index in [4.69, 9.17) is 4.18 Å². The molecule has 2 saturated carbocycles. The van der Waals surface area contributed by atoms with Gasteiger partial charge in [-0.2, -0.15) is 8.42 Å². The summed E-state index contributed by atoms with van der Waals surface area (Å²) in [6, 6.07) is 0. The summed E-state index contributed by atoms with van der Waals surface area (Å²) in [4.78, 5) is 11.9. The van der Waals surface area contributed by atoms with Crippen LogP contribution in [0.2, 0.25) is 0 Å². The largest absolute Gasteiger partial charge is 0.295 e. The third kappa shape index (κ3) is 3.23. The summed E-state index contributed by atoms with van der Waals surface area (Å²) in [5.41, 5.74) is 1.63. The molecule has 0 spiro atoms. The number of hydrogen-bond acceptors (Lipinski definition) is 4. The van der Waals surface area contributed by atoms with Gasteiger partial charge in [0.1, 0.15) is 0 Å². The van der Waals surface area contributed by atoms with Crippen molar-refractivity contribution in [2.75, 3.05) is 12.9 Å². The molecule has 0 radical (unpaired) electrons. The molecule has 2 fully saturated rings.